The minimum Gasteiger partial charge on any atom is -0.480 e. The zero-order valence-corrected chi connectivity index (χ0v) is 13.3. The lowest BCUT2D eigenvalue weighted by Gasteiger charge is -2.24. The fraction of sp³-hybridized carbons (Fsp3) is 0.667. The normalized spacial score (nSPS) is 12.5. The van der Waals surface area contributed by atoms with E-state index in [9.17, 15) is 9.59 Å². The van der Waals surface area contributed by atoms with E-state index in [1.807, 2.05) is 34.6 Å². The number of amides is 1. The molecule has 1 aromatic rings. The standard InChI is InChI=1S/C15H24N2O4/c1-9(2)7-17(8-14(19)20)13(18)6-10(3)15-11(4)16-21-12(15)5/h9-10H,6-8H2,1-5H3,(H,19,20). The lowest BCUT2D eigenvalue weighted by atomic mass is 9.95. The number of carboxylic acids is 1. The van der Waals surface area contributed by atoms with Gasteiger partial charge in [0.05, 0.1) is 5.69 Å². The Labute approximate surface area is 125 Å². The number of carboxylic acid groups (broad SMARTS) is 1. The van der Waals surface area contributed by atoms with Gasteiger partial charge in [0.15, 0.2) is 0 Å². The van der Waals surface area contributed by atoms with Crippen molar-refractivity contribution >= 4 is 11.9 Å². The van der Waals surface area contributed by atoms with E-state index in [-0.39, 0.29) is 30.7 Å². The molecule has 21 heavy (non-hydrogen) atoms. The number of aromatic nitrogens is 1. The van der Waals surface area contributed by atoms with E-state index in [1.54, 1.807) is 0 Å². The molecule has 1 heterocycles. The Kier molecular flexibility index (Phi) is 5.93. The zero-order chi connectivity index (χ0) is 16.2. The van der Waals surface area contributed by atoms with Gasteiger partial charge in [0.1, 0.15) is 12.3 Å². The number of nitrogens with zero attached hydrogens (tertiary/aromatic N) is 2. The fourth-order valence-electron chi connectivity index (χ4n) is 2.55. The number of hydrogen-bond acceptors (Lipinski definition) is 4. The van der Waals surface area contributed by atoms with Crippen LogP contribution in [0.1, 0.15) is 50.1 Å². The number of aryl methyl sites for hydroxylation is 2. The Bertz CT molecular complexity index is 488. The summed E-state index contributed by atoms with van der Waals surface area (Å²) in [4.78, 5) is 24.7. The SMILES string of the molecule is Cc1noc(C)c1C(C)CC(=O)N(CC(=O)O)CC(C)C. The van der Waals surface area contributed by atoms with Crippen molar-refractivity contribution in [2.45, 2.75) is 47.0 Å². The molecule has 1 aromatic heterocycles. The molecule has 1 N–H and O–H groups in total. The van der Waals surface area contributed by atoms with Crippen molar-refractivity contribution in [1.29, 1.82) is 0 Å². The summed E-state index contributed by atoms with van der Waals surface area (Å²) in [5.41, 5.74) is 1.71. The third kappa shape index (κ3) is 4.88. The fourth-order valence-corrected chi connectivity index (χ4v) is 2.55. The topological polar surface area (TPSA) is 83.6 Å². The van der Waals surface area contributed by atoms with E-state index in [0.717, 1.165) is 11.3 Å². The van der Waals surface area contributed by atoms with Crippen molar-refractivity contribution in [1.82, 2.24) is 10.1 Å². The maximum atomic E-state index is 12.4. The summed E-state index contributed by atoms with van der Waals surface area (Å²) in [7, 11) is 0. The van der Waals surface area contributed by atoms with Crippen LogP contribution >= 0.6 is 0 Å². The van der Waals surface area contributed by atoms with Crippen molar-refractivity contribution in [2.24, 2.45) is 5.92 Å². The highest BCUT2D eigenvalue weighted by atomic mass is 16.5. The molecule has 0 radical (unpaired) electrons. The second kappa shape index (κ2) is 7.24. The molecule has 0 aliphatic heterocycles. The van der Waals surface area contributed by atoms with Crippen LogP contribution in [0.25, 0.3) is 0 Å². The van der Waals surface area contributed by atoms with Crippen LogP contribution in [0.5, 0.6) is 0 Å². The highest BCUT2D eigenvalue weighted by Gasteiger charge is 2.24. The molecule has 1 amide bonds. The number of carbonyl (C=O) groups is 2. The summed E-state index contributed by atoms with van der Waals surface area (Å²) in [6, 6.07) is 0. The van der Waals surface area contributed by atoms with Crippen molar-refractivity contribution in [3.63, 3.8) is 0 Å². The Morgan fingerprint density at radius 1 is 1.29 bits per heavy atom. The number of hydrogen-bond donors (Lipinski definition) is 1. The molecule has 0 saturated carbocycles. The lowest BCUT2D eigenvalue weighted by molar-refractivity contribution is -0.145. The predicted octanol–water partition coefficient (Wildman–Crippen LogP) is 2.35. The van der Waals surface area contributed by atoms with E-state index in [4.69, 9.17) is 9.63 Å². The van der Waals surface area contributed by atoms with Crippen molar-refractivity contribution < 1.29 is 19.2 Å². The van der Waals surface area contributed by atoms with E-state index in [1.165, 1.54) is 4.90 Å². The van der Waals surface area contributed by atoms with Gasteiger partial charge in [0, 0.05) is 18.5 Å². The monoisotopic (exact) mass is 296 g/mol. The average Bonchev–Trinajstić information content (AvgIpc) is 2.66. The Morgan fingerprint density at radius 3 is 2.33 bits per heavy atom. The van der Waals surface area contributed by atoms with Gasteiger partial charge in [0.2, 0.25) is 5.91 Å². The molecule has 0 spiro atoms. The Morgan fingerprint density at radius 2 is 1.90 bits per heavy atom. The van der Waals surface area contributed by atoms with Crippen LogP contribution in [-0.2, 0) is 9.59 Å². The van der Waals surface area contributed by atoms with Crippen LogP contribution in [-0.4, -0.2) is 40.1 Å². The van der Waals surface area contributed by atoms with Crippen molar-refractivity contribution in [2.75, 3.05) is 13.1 Å². The maximum absolute atomic E-state index is 12.4. The van der Waals surface area contributed by atoms with E-state index < -0.39 is 5.97 Å². The quantitative estimate of drug-likeness (QED) is 0.835. The molecule has 1 atom stereocenters. The molecule has 1 rings (SSSR count). The highest BCUT2D eigenvalue weighted by Crippen LogP contribution is 2.26. The molecule has 6 heteroatoms. The lowest BCUT2D eigenvalue weighted by Crippen LogP contribution is -2.38. The first kappa shape index (κ1) is 17.2. The largest absolute Gasteiger partial charge is 0.480 e. The Balaban J connectivity index is 2.78. The van der Waals surface area contributed by atoms with Crippen LogP contribution in [0.15, 0.2) is 4.52 Å². The zero-order valence-electron chi connectivity index (χ0n) is 13.3. The molecular weight excluding hydrogens is 272 g/mol. The smallest absolute Gasteiger partial charge is 0.323 e. The second-order valence-electron chi connectivity index (χ2n) is 5.90. The van der Waals surface area contributed by atoms with Crippen LogP contribution < -0.4 is 0 Å². The summed E-state index contributed by atoms with van der Waals surface area (Å²) in [6.45, 7) is 9.69. The van der Waals surface area contributed by atoms with Gasteiger partial charge in [-0.2, -0.15) is 0 Å². The van der Waals surface area contributed by atoms with Gasteiger partial charge in [-0.3, -0.25) is 9.59 Å². The van der Waals surface area contributed by atoms with Gasteiger partial charge in [-0.1, -0.05) is 25.9 Å². The van der Waals surface area contributed by atoms with Gasteiger partial charge in [-0.25, -0.2) is 0 Å². The van der Waals surface area contributed by atoms with Gasteiger partial charge in [0.25, 0.3) is 0 Å². The first-order valence-electron chi connectivity index (χ1n) is 7.14. The molecule has 1 unspecified atom stereocenters. The molecule has 0 fully saturated rings. The third-order valence-corrected chi connectivity index (χ3v) is 3.33. The van der Waals surface area contributed by atoms with Crippen molar-refractivity contribution in [3.05, 3.63) is 17.0 Å². The van der Waals surface area contributed by atoms with E-state index in [0.29, 0.717) is 12.3 Å². The van der Waals surface area contributed by atoms with Crippen LogP contribution in [0.3, 0.4) is 0 Å². The van der Waals surface area contributed by atoms with E-state index in [2.05, 4.69) is 5.16 Å². The first-order valence-corrected chi connectivity index (χ1v) is 7.14. The van der Waals surface area contributed by atoms with Gasteiger partial charge < -0.3 is 14.5 Å². The minimum atomic E-state index is -0.992. The summed E-state index contributed by atoms with van der Waals surface area (Å²) in [5, 5.41) is 12.8. The second-order valence-corrected chi connectivity index (χ2v) is 5.90. The third-order valence-electron chi connectivity index (χ3n) is 3.33. The molecule has 0 bridgehead atoms. The molecule has 0 aliphatic carbocycles. The van der Waals surface area contributed by atoms with Crippen LogP contribution in [0.2, 0.25) is 0 Å². The molecule has 0 aliphatic rings. The van der Waals surface area contributed by atoms with Gasteiger partial charge in [-0.05, 0) is 25.7 Å². The average molecular weight is 296 g/mol. The molecule has 0 saturated heterocycles. The molecule has 0 aromatic carbocycles. The number of aliphatic carboxylic acids is 1. The molecule has 118 valence electrons. The molecule has 6 nitrogen and oxygen atoms in total. The Hall–Kier alpha value is -1.85. The maximum Gasteiger partial charge on any atom is 0.323 e. The summed E-state index contributed by atoms with van der Waals surface area (Å²) < 4.78 is 5.12. The highest BCUT2D eigenvalue weighted by molar-refractivity contribution is 5.82. The van der Waals surface area contributed by atoms with E-state index >= 15 is 0 Å². The first-order chi connectivity index (χ1) is 9.72. The number of rotatable bonds is 7. The van der Waals surface area contributed by atoms with Gasteiger partial charge >= 0.3 is 5.97 Å². The summed E-state index contributed by atoms with van der Waals surface area (Å²) in [5.74, 6) is -0.260. The van der Waals surface area contributed by atoms with Crippen LogP contribution in [0.4, 0.5) is 0 Å². The van der Waals surface area contributed by atoms with Crippen LogP contribution in [0, 0.1) is 19.8 Å². The number of carbonyl (C=O) groups excluding carboxylic acids is 1. The summed E-state index contributed by atoms with van der Waals surface area (Å²) in [6.07, 6.45) is 0.253. The van der Waals surface area contributed by atoms with Crippen molar-refractivity contribution in [3.8, 4) is 0 Å². The minimum absolute atomic E-state index is 0.0489. The summed E-state index contributed by atoms with van der Waals surface area (Å²) >= 11 is 0. The molecular formula is C15H24N2O4. The predicted molar refractivity (Wildman–Crippen MR) is 78.1 cm³/mol. The van der Waals surface area contributed by atoms with Gasteiger partial charge in [-0.15, -0.1) is 0 Å².